The van der Waals surface area contributed by atoms with E-state index in [1.807, 2.05) is 5.92 Å². The van der Waals surface area contributed by atoms with Crippen LogP contribution in [-0.4, -0.2) is 6.18 Å². The van der Waals surface area contributed by atoms with E-state index in [9.17, 15) is 17.6 Å². The van der Waals surface area contributed by atoms with Gasteiger partial charge in [-0.3, -0.25) is 0 Å². The van der Waals surface area contributed by atoms with Crippen LogP contribution in [-0.2, 0) is 0 Å². The summed E-state index contributed by atoms with van der Waals surface area (Å²) in [6, 6.07) is 4.54. The lowest BCUT2D eigenvalue weighted by Crippen LogP contribution is -2.25. The predicted octanol–water partition coefficient (Wildman–Crippen LogP) is 7.62. The van der Waals surface area contributed by atoms with Crippen molar-refractivity contribution in [3.63, 3.8) is 0 Å². The van der Waals surface area contributed by atoms with E-state index in [1.54, 1.807) is 6.07 Å². The molecule has 0 bridgehead atoms. The Kier molecular flexibility index (Phi) is 7.07. The number of rotatable bonds is 4. The standard InChI is InChI=1S/C24H30F4/c1-2-3-17-4-6-18(7-5-17)19-8-10-20(11-9-19)22-13-12-21(23(25)16-22)14-15-24(26,27)28/h12-13,16-20H,2-11H2,1H3. The van der Waals surface area contributed by atoms with Crippen LogP contribution < -0.4 is 0 Å². The maximum absolute atomic E-state index is 14.2. The van der Waals surface area contributed by atoms with Crippen LogP contribution in [0.2, 0.25) is 0 Å². The highest BCUT2D eigenvalue weighted by molar-refractivity contribution is 5.39. The van der Waals surface area contributed by atoms with Crippen LogP contribution in [0.25, 0.3) is 0 Å². The van der Waals surface area contributed by atoms with Crippen molar-refractivity contribution in [1.82, 2.24) is 0 Å². The lowest BCUT2D eigenvalue weighted by atomic mass is 9.68. The van der Waals surface area contributed by atoms with Crippen LogP contribution in [0.1, 0.15) is 88.2 Å². The molecule has 0 saturated heterocycles. The smallest absolute Gasteiger partial charge is 0.206 e. The van der Waals surface area contributed by atoms with Crippen molar-refractivity contribution in [2.24, 2.45) is 17.8 Å². The van der Waals surface area contributed by atoms with E-state index in [0.717, 1.165) is 42.1 Å². The Morgan fingerprint density at radius 2 is 1.54 bits per heavy atom. The molecule has 0 radical (unpaired) electrons. The summed E-state index contributed by atoms with van der Waals surface area (Å²) >= 11 is 0. The lowest BCUT2D eigenvalue weighted by molar-refractivity contribution is -0.0696. The molecule has 28 heavy (non-hydrogen) atoms. The van der Waals surface area contributed by atoms with E-state index >= 15 is 0 Å². The molecule has 0 N–H and O–H groups in total. The van der Waals surface area contributed by atoms with Gasteiger partial charge in [-0.15, -0.1) is 0 Å². The molecule has 0 unspecified atom stereocenters. The van der Waals surface area contributed by atoms with Crippen LogP contribution in [0.4, 0.5) is 17.6 Å². The Balaban J connectivity index is 1.54. The zero-order valence-electron chi connectivity index (χ0n) is 16.6. The Bertz CT molecular complexity index is 694. The predicted molar refractivity (Wildman–Crippen MR) is 104 cm³/mol. The molecule has 0 aliphatic heterocycles. The van der Waals surface area contributed by atoms with Gasteiger partial charge in [0.1, 0.15) is 5.82 Å². The first-order valence-corrected chi connectivity index (χ1v) is 10.7. The van der Waals surface area contributed by atoms with Crippen molar-refractivity contribution in [2.75, 3.05) is 0 Å². The Hall–Kier alpha value is -1.50. The second-order valence-electron chi connectivity index (χ2n) is 8.67. The Labute approximate surface area is 166 Å². The van der Waals surface area contributed by atoms with E-state index < -0.39 is 12.0 Å². The number of alkyl halides is 3. The summed E-state index contributed by atoms with van der Waals surface area (Å²) in [5.41, 5.74) is 0.721. The molecule has 1 aromatic carbocycles. The summed E-state index contributed by atoms with van der Waals surface area (Å²) in [5, 5.41) is 0. The van der Waals surface area contributed by atoms with Crippen molar-refractivity contribution in [2.45, 2.75) is 83.2 Å². The van der Waals surface area contributed by atoms with Gasteiger partial charge < -0.3 is 0 Å². The number of hydrogen-bond acceptors (Lipinski definition) is 0. The third-order valence-corrected chi connectivity index (χ3v) is 6.83. The maximum Gasteiger partial charge on any atom is 0.458 e. The molecule has 0 aromatic heterocycles. The summed E-state index contributed by atoms with van der Waals surface area (Å²) in [6.07, 6.45) is 8.01. The molecular formula is C24H30F4. The van der Waals surface area contributed by atoms with Gasteiger partial charge in [0, 0.05) is 5.92 Å². The van der Waals surface area contributed by atoms with Gasteiger partial charge in [0.05, 0.1) is 5.56 Å². The largest absolute Gasteiger partial charge is 0.458 e. The third kappa shape index (κ3) is 5.75. The molecule has 0 amide bonds. The molecule has 2 saturated carbocycles. The highest BCUT2D eigenvalue weighted by Crippen LogP contribution is 2.44. The molecule has 0 spiro atoms. The van der Waals surface area contributed by atoms with Gasteiger partial charge in [-0.05, 0) is 79.9 Å². The lowest BCUT2D eigenvalue weighted by Gasteiger charge is -2.38. The SMILES string of the molecule is CCCC1CCC(C2CCC(c3ccc(C#CC(F)(F)F)c(F)c3)CC2)CC1. The summed E-state index contributed by atoms with van der Waals surface area (Å²) in [5.74, 6) is 5.28. The first-order chi connectivity index (χ1) is 13.4. The average molecular weight is 394 g/mol. The quantitative estimate of drug-likeness (QED) is 0.364. The Morgan fingerprint density at radius 3 is 2.07 bits per heavy atom. The topological polar surface area (TPSA) is 0 Å². The van der Waals surface area contributed by atoms with Crippen molar-refractivity contribution in [1.29, 1.82) is 0 Å². The van der Waals surface area contributed by atoms with Crippen molar-refractivity contribution >= 4 is 0 Å². The molecule has 1 aromatic rings. The molecule has 2 fully saturated rings. The highest BCUT2D eigenvalue weighted by Gasteiger charge is 2.31. The number of hydrogen-bond donors (Lipinski definition) is 0. The zero-order chi connectivity index (χ0) is 20.1. The van der Waals surface area contributed by atoms with Crippen molar-refractivity contribution < 1.29 is 17.6 Å². The fourth-order valence-corrected chi connectivity index (χ4v) is 5.31. The summed E-state index contributed by atoms with van der Waals surface area (Å²) in [6.45, 7) is 2.27. The fourth-order valence-electron chi connectivity index (χ4n) is 5.31. The highest BCUT2D eigenvalue weighted by atomic mass is 19.4. The molecule has 2 aliphatic carbocycles. The normalized spacial score (nSPS) is 28.5. The van der Waals surface area contributed by atoms with E-state index in [-0.39, 0.29) is 5.56 Å². The number of halogens is 4. The molecule has 0 atom stereocenters. The summed E-state index contributed by atoms with van der Waals surface area (Å²) in [4.78, 5) is 0. The first kappa shape index (κ1) is 21.2. The van der Waals surface area contributed by atoms with Crippen LogP contribution in [0.3, 0.4) is 0 Å². The van der Waals surface area contributed by atoms with Gasteiger partial charge in [0.15, 0.2) is 0 Å². The van der Waals surface area contributed by atoms with Gasteiger partial charge >= 0.3 is 6.18 Å². The van der Waals surface area contributed by atoms with Crippen LogP contribution in [0.5, 0.6) is 0 Å². The second kappa shape index (κ2) is 9.33. The third-order valence-electron chi connectivity index (χ3n) is 6.83. The van der Waals surface area contributed by atoms with E-state index in [2.05, 4.69) is 6.92 Å². The zero-order valence-corrected chi connectivity index (χ0v) is 16.6. The molecule has 3 rings (SSSR count). The van der Waals surface area contributed by atoms with E-state index in [4.69, 9.17) is 0 Å². The molecule has 154 valence electrons. The van der Waals surface area contributed by atoms with E-state index in [1.165, 1.54) is 63.5 Å². The van der Waals surface area contributed by atoms with E-state index in [0.29, 0.717) is 5.92 Å². The average Bonchev–Trinajstić information content (AvgIpc) is 2.67. The Morgan fingerprint density at radius 1 is 0.929 bits per heavy atom. The molecule has 0 nitrogen and oxygen atoms in total. The van der Waals surface area contributed by atoms with Gasteiger partial charge in [-0.25, -0.2) is 4.39 Å². The van der Waals surface area contributed by atoms with Gasteiger partial charge in [0.2, 0.25) is 0 Å². The van der Waals surface area contributed by atoms with Gasteiger partial charge in [-0.1, -0.05) is 44.6 Å². The molecular weight excluding hydrogens is 364 g/mol. The number of benzene rings is 1. The van der Waals surface area contributed by atoms with Crippen molar-refractivity contribution in [3.05, 3.63) is 35.1 Å². The monoisotopic (exact) mass is 394 g/mol. The molecule has 4 heteroatoms. The minimum absolute atomic E-state index is 0.182. The molecule has 0 heterocycles. The maximum atomic E-state index is 14.2. The second-order valence-corrected chi connectivity index (χ2v) is 8.67. The first-order valence-electron chi connectivity index (χ1n) is 10.7. The van der Waals surface area contributed by atoms with Gasteiger partial charge in [0.25, 0.3) is 0 Å². The van der Waals surface area contributed by atoms with Gasteiger partial charge in [-0.2, -0.15) is 13.2 Å². The van der Waals surface area contributed by atoms with Crippen molar-refractivity contribution in [3.8, 4) is 11.8 Å². The van der Waals surface area contributed by atoms with Crippen LogP contribution in [0, 0.1) is 35.4 Å². The summed E-state index contributed by atoms with van der Waals surface area (Å²) < 4.78 is 50.8. The summed E-state index contributed by atoms with van der Waals surface area (Å²) in [7, 11) is 0. The molecule has 2 aliphatic rings. The van der Waals surface area contributed by atoms with Crippen LogP contribution >= 0.6 is 0 Å². The fraction of sp³-hybridized carbons (Fsp3) is 0.667. The minimum atomic E-state index is -4.60. The van der Waals surface area contributed by atoms with Crippen LogP contribution in [0.15, 0.2) is 18.2 Å². The minimum Gasteiger partial charge on any atom is -0.206 e.